The van der Waals surface area contributed by atoms with Crippen LogP contribution in [0.5, 0.6) is 0 Å². The van der Waals surface area contributed by atoms with Gasteiger partial charge in [-0.15, -0.1) is 0 Å². The van der Waals surface area contributed by atoms with Gasteiger partial charge in [0.2, 0.25) is 0 Å². The first kappa shape index (κ1) is 12.8. The Hall–Kier alpha value is -1.17. The molecule has 0 spiro atoms. The maximum atomic E-state index is 9.02. The number of fused-ring (bicyclic) bond motifs is 1. The smallest absolute Gasteiger partial charge is 0.186 e. The number of rotatable bonds is 3. The van der Waals surface area contributed by atoms with Crippen molar-refractivity contribution in [3.05, 3.63) is 24.3 Å². The molecule has 102 valence electrons. The number of para-hydroxylation sites is 1. The van der Waals surface area contributed by atoms with Gasteiger partial charge in [-0.25, -0.2) is 4.98 Å². The Labute approximate surface area is 117 Å². The number of benzene rings is 1. The van der Waals surface area contributed by atoms with Crippen LogP contribution in [-0.4, -0.2) is 54.3 Å². The van der Waals surface area contributed by atoms with Crippen molar-refractivity contribution in [2.45, 2.75) is 6.42 Å². The summed E-state index contributed by atoms with van der Waals surface area (Å²) >= 11 is 1.77. The van der Waals surface area contributed by atoms with Crippen molar-refractivity contribution in [1.82, 2.24) is 9.88 Å². The quantitative estimate of drug-likeness (QED) is 0.928. The van der Waals surface area contributed by atoms with Crippen LogP contribution in [0.4, 0.5) is 5.13 Å². The van der Waals surface area contributed by atoms with Gasteiger partial charge < -0.3 is 10.0 Å². The van der Waals surface area contributed by atoms with E-state index in [1.807, 2.05) is 6.07 Å². The summed E-state index contributed by atoms with van der Waals surface area (Å²) in [5, 5.41) is 10.2. The first-order valence-corrected chi connectivity index (χ1v) is 7.62. The summed E-state index contributed by atoms with van der Waals surface area (Å²) in [5.41, 5.74) is 1.10. The summed E-state index contributed by atoms with van der Waals surface area (Å²) in [4.78, 5) is 9.43. The van der Waals surface area contributed by atoms with Crippen LogP contribution in [0.3, 0.4) is 0 Å². The normalized spacial score (nSPS) is 17.8. The van der Waals surface area contributed by atoms with Gasteiger partial charge in [0.15, 0.2) is 5.13 Å². The van der Waals surface area contributed by atoms with Crippen LogP contribution in [0.2, 0.25) is 0 Å². The summed E-state index contributed by atoms with van der Waals surface area (Å²) in [6.45, 7) is 5.18. The van der Waals surface area contributed by atoms with Gasteiger partial charge in [0.25, 0.3) is 0 Å². The molecule has 1 aliphatic heterocycles. The van der Waals surface area contributed by atoms with Crippen molar-refractivity contribution in [2.24, 2.45) is 0 Å². The maximum absolute atomic E-state index is 9.02. The second-order valence-electron chi connectivity index (χ2n) is 4.87. The Kier molecular flexibility index (Phi) is 3.96. The highest BCUT2D eigenvalue weighted by atomic mass is 32.1. The zero-order valence-corrected chi connectivity index (χ0v) is 11.8. The van der Waals surface area contributed by atoms with E-state index in [1.165, 1.54) is 4.70 Å². The molecule has 1 aromatic heterocycles. The van der Waals surface area contributed by atoms with Crippen molar-refractivity contribution < 1.29 is 5.11 Å². The first-order chi connectivity index (χ1) is 9.36. The summed E-state index contributed by atoms with van der Waals surface area (Å²) in [5.74, 6) is 0. The predicted octanol–water partition coefficient (Wildman–Crippen LogP) is 1.80. The lowest BCUT2D eigenvalue weighted by Crippen LogP contribution is -2.32. The molecule has 0 unspecified atom stereocenters. The third-order valence-corrected chi connectivity index (χ3v) is 4.66. The van der Waals surface area contributed by atoms with Gasteiger partial charge in [0.05, 0.1) is 16.8 Å². The summed E-state index contributed by atoms with van der Waals surface area (Å²) in [6, 6.07) is 8.31. The van der Waals surface area contributed by atoms with Crippen molar-refractivity contribution in [1.29, 1.82) is 0 Å². The van der Waals surface area contributed by atoms with Crippen LogP contribution >= 0.6 is 11.3 Å². The maximum Gasteiger partial charge on any atom is 0.186 e. The third-order valence-electron chi connectivity index (χ3n) is 3.56. The largest absolute Gasteiger partial charge is 0.395 e. The Morgan fingerprint density at radius 2 is 2.05 bits per heavy atom. The minimum absolute atomic E-state index is 0.251. The Morgan fingerprint density at radius 1 is 1.16 bits per heavy atom. The minimum Gasteiger partial charge on any atom is -0.395 e. The van der Waals surface area contributed by atoms with Gasteiger partial charge in [-0.3, -0.25) is 4.90 Å². The molecule has 0 atom stereocenters. The summed E-state index contributed by atoms with van der Waals surface area (Å²) in [7, 11) is 0. The number of β-amino-alcohol motifs (C(OH)–C–C–N with tert-alkyl or cyclic N) is 1. The molecular formula is C14H19N3OS. The van der Waals surface area contributed by atoms with E-state index in [0.717, 1.165) is 49.8 Å². The molecule has 2 heterocycles. The number of aliphatic hydroxyl groups is 1. The average Bonchev–Trinajstić information content (AvgIpc) is 2.72. The minimum atomic E-state index is 0.251. The molecule has 2 aromatic rings. The number of aromatic nitrogens is 1. The molecule has 0 amide bonds. The Bertz CT molecular complexity index is 509. The monoisotopic (exact) mass is 277 g/mol. The molecule has 1 aromatic carbocycles. The lowest BCUT2D eigenvalue weighted by molar-refractivity contribution is 0.204. The number of anilines is 1. The summed E-state index contributed by atoms with van der Waals surface area (Å²) in [6.07, 6.45) is 1.13. The van der Waals surface area contributed by atoms with Crippen LogP contribution in [0.1, 0.15) is 6.42 Å². The molecule has 0 bridgehead atoms. The highest BCUT2D eigenvalue weighted by Crippen LogP contribution is 2.28. The number of thiazole rings is 1. The van der Waals surface area contributed by atoms with Crippen molar-refractivity contribution in [3.63, 3.8) is 0 Å². The lowest BCUT2D eigenvalue weighted by atomic mass is 10.3. The zero-order chi connectivity index (χ0) is 13.1. The predicted molar refractivity (Wildman–Crippen MR) is 80.0 cm³/mol. The fourth-order valence-corrected chi connectivity index (χ4v) is 3.54. The number of aliphatic hydroxyl groups excluding tert-OH is 1. The van der Waals surface area contributed by atoms with Gasteiger partial charge in [-0.05, 0) is 25.1 Å². The van der Waals surface area contributed by atoms with Gasteiger partial charge in [-0.2, -0.15) is 0 Å². The van der Waals surface area contributed by atoms with Gasteiger partial charge in [-0.1, -0.05) is 23.5 Å². The van der Waals surface area contributed by atoms with E-state index in [9.17, 15) is 0 Å². The van der Waals surface area contributed by atoms with E-state index < -0.39 is 0 Å². The topological polar surface area (TPSA) is 39.6 Å². The molecule has 1 N–H and O–H groups in total. The molecule has 5 heteroatoms. The molecule has 19 heavy (non-hydrogen) atoms. The fraction of sp³-hybridized carbons (Fsp3) is 0.500. The molecule has 3 rings (SSSR count). The van der Waals surface area contributed by atoms with Crippen molar-refractivity contribution in [2.75, 3.05) is 44.2 Å². The van der Waals surface area contributed by atoms with Gasteiger partial charge >= 0.3 is 0 Å². The van der Waals surface area contributed by atoms with E-state index in [2.05, 4.69) is 28.0 Å². The molecule has 1 aliphatic rings. The fourth-order valence-electron chi connectivity index (χ4n) is 2.52. The van der Waals surface area contributed by atoms with E-state index in [0.29, 0.717) is 0 Å². The standard InChI is InChI=1S/C14H19N3OS/c18-11-10-16-6-3-7-17(9-8-16)14-15-12-4-1-2-5-13(12)19-14/h1-2,4-5,18H,3,6-11H2. The first-order valence-electron chi connectivity index (χ1n) is 6.80. The van der Waals surface area contributed by atoms with Crippen LogP contribution in [0.15, 0.2) is 24.3 Å². The molecule has 4 nitrogen and oxygen atoms in total. The number of hydrogen-bond donors (Lipinski definition) is 1. The van der Waals surface area contributed by atoms with Crippen LogP contribution in [-0.2, 0) is 0 Å². The highest BCUT2D eigenvalue weighted by Gasteiger charge is 2.17. The van der Waals surface area contributed by atoms with E-state index in [-0.39, 0.29) is 6.61 Å². The van der Waals surface area contributed by atoms with Gasteiger partial charge in [0, 0.05) is 26.2 Å². The van der Waals surface area contributed by atoms with Crippen LogP contribution in [0, 0.1) is 0 Å². The zero-order valence-electron chi connectivity index (χ0n) is 11.0. The number of hydrogen-bond acceptors (Lipinski definition) is 5. The van der Waals surface area contributed by atoms with E-state index in [4.69, 9.17) is 10.1 Å². The molecule has 0 aliphatic carbocycles. The van der Waals surface area contributed by atoms with E-state index in [1.54, 1.807) is 11.3 Å². The SMILES string of the molecule is OCCN1CCCN(c2nc3ccccc3s2)CC1. The third kappa shape index (κ3) is 2.88. The molecular weight excluding hydrogens is 258 g/mol. The van der Waals surface area contributed by atoms with E-state index >= 15 is 0 Å². The summed E-state index contributed by atoms with van der Waals surface area (Å²) < 4.78 is 1.26. The second-order valence-corrected chi connectivity index (χ2v) is 5.88. The number of nitrogens with zero attached hydrogens (tertiary/aromatic N) is 3. The second kappa shape index (κ2) is 5.86. The Balaban J connectivity index is 1.74. The average molecular weight is 277 g/mol. The Morgan fingerprint density at radius 3 is 2.89 bits per heavy atom. The molecule has 0 radical (unpaired) electrons. The highest BCUT2D eigenvalue weighted by molar-refractivity contribution is 7.22. The van der Waals surface area contributed by atoms with Gasteiger partial charge in [0.1, 0.15) is 0 Å². The molecule has 1 saturated heterocycles. The van der Waals surface area contributed by atoms with Crippen molar-refractivity contribution >= 4 is 26.7 Å². The van der Waals surface area contributed by atoms with Crippen molar-refractivity contribution in [3.8, 4) is 0 Å². The molecule has 0 saturated carbocycles. The molecule has 1 fully saturated rings. The van der Waals surface area contributed by atoms with Crippen LogP contribution < -0.4 is 4.90 Å². The lowest BCUT2D eigenvalue weighted by Gasteiger charge is -2.20. The van der Waals surface area contributed by atoms with Crippen LogP contribution in [0.25, 0.3) is 10.2 Å².